The molecular formula is C18H23NO. The monoisotopic (exact) mass is 269 g/mol. The fraction of sp³-hybridized carbons (Fsp3) is 0.333. The van der Waals surface area contributed by atoms with E-state index in [0.29, 0.717) is 6.54 Å². The van der Waals surface area contributed by atoms with Crippen LogP contribution in [0.5, 0.6) is 0 Å². The van der Waals surface area contributed by atoms with Crippen LogP contribution in [-0.2, 0) is 0 Å². The van der Waals surface area contributed by atoms with E-state index in [2.05, 4.69) is 43.0 Å². The van der Waals surface area contributed by atoms with Gasteiger partial charge in [0.15, 0.2) is 0 Å². The quantitative estimate of drug-likeness (QED) is 0.891. The summed E-state index contributed by atoms with van der Waals surface area (Å²) in [7, 11) is 0. The van der Waals surface area contributed by atoms with Crippen LogP contribution in [0.3, 0.4) is 0 Å². The van der Waals surface area contributed by atoms with Gasteiger partial charge in [-0.25, -0.2) is 0 Å². The van der Waals surface area contributed by atoms with Gasteiger partial charge in [0, 0.05) is 18.8 Å². The molecule has 2 nitrogen and oxygen atoms in total. The second-order valence-corrected chi connectivity index (χ2v) is 5.25. The Bertz CT molecular complexity index is 548. The van der Waals surface area contributed by atoms with Crippen LogP contribution in [-0.4, -0.2) is 18.2 Å². The molecule has 2 aromatic carbocycles. The predicted molar refractivity (Wildman–Crippen MR) is 85.2 cm³/mol. The molecule has 1 atom stereocenters. The highest BCUT2D eigenvalue weighted by molar-refractivity contribution is 5.48. The van der Waals surface area contributed by atoms with Crippen LogP contribution in [0, 0.1) is 13.8 Å². The van der Waals surface area contributed by atoms with Crippen molar-refractivity contribution < 1.29 is 5.11 Å². The molecule has 0 spiro atoms. The van der Waals surface area contributed by atoms with Crippen molar-refractivity contribution in [2.75, 3.05) is 18.0 Å². The number of hydrogen-bond acceptors (Lipinski definition) is 2. The van der Waals surface area contributed by atoms with Crippen molar-refractivity contribution in [3.8, 4) is 0 Å². The van der Waals surface area contributed by atoms with Crippen LogP contribution in [0.2, 0.25) is 0 Å². The average Bonchev–Trinajstić information content (AvgIpc) is 2.46. The largest absolute Gasteiger partial charge is 0.387 e. The summed E-state index contributed by atoms with van der Waals surface area (Å²) < 4.78 is 0. The standard InChI is InChI=1S/C18H23NO/c1-4-19(16-11-9-14(2)10-12-16)13-18(20)17-8-6-5-7-15(17)3/h5-12,18,20H,4,13H2,1-3H3. The summed E-state index contributed by atoms with van der Waals surface area (Å²) in [6, 6.07) is 16.5. The Hall–Kier alpha value is -1.80. The summed E-state index contributed by atoms with van der Waals surface area (Å²) in [6.07, 6.45) is -0.461. The fourth-order valence-electron chi connectivity index (χ4n) is 2.44. The van der Waals surface area contributed by atoms with Crippen molar-refractivity contribution in [3.63, 3.8) is 0 Å². The number of likely N-dealkylation sites (N-methyl/N-ethyl adjacent to an activating group) is 1. The number of anilines is 1. The van der Waals surface area contributed by atoms with E-state index in [0.717, 1.165) is 23.4 Å². The molecule has 0 heterocycles. The highest BCUT2D eigenvalue weighted by Crippen LogP contribution is 2.22. The number of aliphatic hydroxyl groups is 1. The maximum absolute atomic E-state index is 10.5. The third-order valence-corrected chi connectivity index (χ3v) is 3.72. The van der Waals surface area contributed by atoms with Gasteiger partial charge in [-0.15, -0.1) is 0 Å². The van der Waals surface area contributed by atoms with Gasteiger partial charge in [0.2, 0.25) is 0 Å². The Morgan fingerprint density at radius 1 is 1.00 bits per heavy atom. The summed E-state index contributed by atoms with van der Waals surface area (Å²) in [6.45, 7) is 7.74. The Balaban J connectivity index is 2.14. The van der Waals surface area contributed by atoms with Gasteiger partial charge < -0.3 is 10.0 Å². The zero-order valence-electron chi connectivity index (χ0n) is 12.5. The van der Waals surface area contributed by atoms with E-state index in [-0.39, 0.29) is 0 Å². The highest BCUT2D eigenvalue weighted by Gasteiger charge is 2.14. The molecule has 106 valence electrons. The molecule has 0 amide bonds. The summed E-state index contributed by atoms with van der Waals surface area (Å²) in [4.78, 5) is 2.20. The molecule has 0 aliphatic carbocycles. The van der Waals surface area contributed by atoms with Gasteiger partial charge in [-0.2, -0.15) is 0 Å². The third kappa shape index (κ3) is 3.40. The van der Waals surface area contributed by atoms with E-state index >= 15 is 0 Å². The van der Waals surface area contributed by atoms with Crippen LogP contribution in [0.15, 0.2) is 48.5 Å². The summed E-state index contributed by atoms with van der Waals surface area (Å²) in [5.41, 5.74) is 4.56. The lowest BCUT2D eigenvalue weighted by atomic mass is 10.0. The molecule has 0 aliphatic heterocycles. The molecule has 0 saturated heterocycles. The van der Waals surface area contributed by atoms with Gasteiger partial charge in [-0.1, -0.05) is 42.0 Å². The molecule has 0 saturated carbocycles. The van der Waals surface area contributed by atoms with E-state index in [9.17, 15) is 5.11 Å². The summed E-state index contributed by atoms with van der Waals surface area (Å²) in [5, 5.41) is 10.5. The van der Waals surface area contributed by atoms with E-state index in [1.165, 1.54) is 5.56 Å². The van der Waals surface area contributed by atoms with Crippen LogP contribution in [0.25, 0.3) is 0 Å². The molecule has 0 bridgehead atoms. The van der Waals surface area contributed by atoms with Crippen molar-refractivity contribution in [1.82, 2.24) is 0 Å². The molecule has 0 aromatic heterocycles. The number of aliphatic hydroxyl groups excluding tert-OH is 1. The molecule has 0 fully saturated rings. The lowest BCUT2D eigenvalue weighted by Crippen LogP contribution is -2.28. The molecule has 2 aromatic rings. The second-order valence-electron chi connectivity index (χ2n) is 5.25. The first-order chi connectivity index (χ1) is 9.61. The van der Waals surface area contributed by atoms with Crippen LogP contribution >= 0.6 is 0 Å². The Labute approximate surface area is 121 Å². The maximum atomic E-state index is 10.5. The van der Waals surface area contributed by atoms with Crippen LogP contribution < -0.4 is 4.90 Å². The predicted octanol–water partition coefficient (Wildman–Crippen LogP) is 3.86. The number of nitrogens with zero attached hydrogens (tertiary/aromatic N) is 1. The zero-order valence-corrected chi connectivity index (χ0v) is 12.5. The van der Waals surface area contributed by atoms with Gasteiger partial charge in [0.1, 0.15) is 0 Å². The minimum atomic E-state index is -0.461. The Morgan fingerprint density at radius 2 is 1.65 bits per heavy atom. The number of aryl methyl sites for hydroxylation is 2. The highest BCUT2D eigenvalue weighted by atomic mass is 16.3. The Kier molecular flexibility index (Phi) is 4.80. The normalized spacial score (nSPS) is 12.2. The van der Waals surface area contributed by atoms with Crippen molar-refractivity contribution in [2.45, 2.75) is 26.9 Å². The molecule has 2 rings (SSSR count). The third-order valence-electron chi connectivity index (χ3n) is 3.72. The first kappa shape index (κ1) is 14.6. The lowest BCUT2D eigenvalue weighted by Gasteiger charge is -2.27. The van der Waals surface area contributed by atoms with Crippen LogP contribution in [0.4, 0.5) is 5.69 Å². The van der Waals surface area contributed by atoms with Crippen LogP contribution in [0.1, 0.15) is 29.7 Å². The first-order valence-corrected chi connectivity index (χ1v) is 7.17. The second kappa shape index (κ2) is 6.58. The minimum Gasteiger partial charge on any atom is -0.387 e. The Morgan fingerprint density at radius 3 is 2.25 bits per heavy atom. The van der Waals surface area contributed by atoms with Gasteiger partial charge >= 0.3 is 0 Å². The van der Waals surface area contributed by atoms with Crippen molar-refractivity contribution in [1.29, 1.82) is 0 Å². The molecule has 20 heavy (non-hydrogen) atoms. The summed E-state index contributed by atoms with van der Waals surface area (Å²) >= 11 is 0. The summed E-state index contributed by atoms with van der Waals surface area (Å²) in [5.74, 6) is 0. The molecular weight excluding hydrogens is 246 g/mol. The van der Waals surface area contributed by atoms with Crippen molar-refractivity contribution in [3.05, 3.63) is 65.2 Å². The van der Waals surface area contributed by atoms with E-state index < -0.39 is 6.10 Å². The minimum absolute atomic E-state index is 0.461. The van der Waals surface area contributed by atoms with E-state index in [1.807, 2.05) is 31.2 Å². The molecule has 0 aliphatic rings. The zero-order chi connectivity index (χ0) is 14.5. The fourth-order valence-corrected chi connectivity index (χ4v) is 2.44. The lowest BCUT2D eigenvalue weighted by molar-refractivity contribution is 0.183. The molecule has 2 heteroatoms. The van der Waals surface area contributed by atoms with E-state index in [4.69, 9.17) is 0 Å². The number of hydrogen-bond donors (Lipinski definition) is 1. The smallest absolute Gasteiger partial charge is 0.0967 e. The van der Waals surface area contributed by atoms with Gasteiger partial charge in [-0.3, -0.25) is 0 Å². The average molecular weight is 269 g/mol. The molecule has 1 N–H and O–H groups in total. The van der Waals surface area contributed by atoms with Crippen molar-refractivity contribution >= 4 is 5.69 Å². The number of benzene rings is 2. The van der Waals surface area contributed by atoms with Gasteiger partial charge in [-0.05, 0) is 44.0 Å². The SMILES string of the molecule is CCN(CC(O)c1ccccc1C)c1ccc(C)cc1. The molecule has 0 radical (unpaired) electrons. The van der Waals surface area contributed by atoms with Crippen molar-refractivity contribution in [2.24, 2.45) is 0 Å². The number of rotatable bonds is 5. The topological polar surface area (TPSA) is 23.5 Å². The van der Waals surface area contributed by atoms with E-state index in [1.54, 1.807) is 0 Å². The first-order valence-electron chi connectivity index (χ1n) is 7.17. The van der Waals surface area contributed by atoms with Gasteiger partial charge in [0.25, 0.3) is 0 Å². The maximum Gasteiger partial charge on any atom is 0.0967 e. The van der Waals surface area contributed by atoms with Gasteiger partial charge in [0.05, 0.1) is 6.10 Å². The molecule has 1 unspecified atom stereocenters.